The molecule has 1 heterocycles. The number of aryl methyl sites for hydroxylation is 3. The predicted octanol–water partition coefficient (Wildman–Crippen LogP) is 3.82. The monoisotopic (exact) mass is 261 g/mol. The largest absolute Gasteiger partial charge is 0.297 e. The number of nitriles is 1. The summed E-state index contributed by atoms with van der Waals surface area (Å²) in [6.45, 7) is 6.19. The second kappa shape index (κ2) is 4.50. The molecule has 0 N–H and O–H groups in total. The second-order valence-corrected chi connectivity index (χ2v) is 5.12. The van der Waals surface area contributed by atoms with Gasteiger partial charge in [-0.1, -0.05) is 12.1 Å². The molecule has 2 aromatic carbocycles. The van der Waals surface area contributed by atoms with Gasteiger partial charge in [0.1, 0.15) is 12.4 Å². The summed E-state index contributed by atoms with van der Waals surface area (Å²) in [4.78, 5) is 4.47. The normalized spacial score (nSPS) is 10.7. The number of para-hydroxylation sites is 1. The molecule has 0 saturated heterocycles. The third-order valence-corrected chi connectivity index (χ3v) is 3.76. The summed E-state index contributed by atoms with van der Waals surface area (Å²) in [5, 5.41) is 9.33. The first-order valence-corrected chi connectivity index (χ1v) is 6.56. The minimum absolute atomic E-state index is 0.669. The zero-order valence-corrected chi connectivity index (χ0v) is 11.8. The summed E-state index contributed by atoms with van der Waals surface area (Å²) in [5.41, 5.74) is 7.11. The highest BCUT2D eigenvalue weighted by Crippen LogP contribution is 2.25. The maximum atomic E-state index is 9.33. The Morgan fingerprint density at radius 2 is 1.80 bits per heavy atom. The Morgan fingerprint density at radius 3 is 2.55 bits per heavy atom. The average molecular weight is 261 g/mol. The molecule has 0 aliphatic heterocycles. The summed E-state index contributed by atoms with van der Waals surface area (Å²) < 4.78 is 2.01. The molecule has 3 rings (SSSR count). The standard InChI is InChI=1S/C17H15N3/c1-11-5-4-6-14(9-18)17(11)20-10-19-15-7-12(2)13(3)8-16(15)20/h4-8,10H,1-3H3. The van der Waals surface area contributed by atoms with Crippen molar-refractivity contribution in [1.82, 2.24) is 9.55 Å². The number of benzene rings is 2. The van der Waals surface area contributed by atoms with E-state index in [0.717, 1.165) is 22.3 Å². The lowest BCUT2D eigenvalue weighted by Gasteiger charge is -2.11. The van der Waals surface area contributed by atoms with Gasteiger partial charge in [-0.05, 0) is 55.7 Å². The van der Waals surface area contributed by atoms with Gasteiger partial charge in [-0.25, -0.2) is 4.98 Å². The number of nitrogens with zero attached hydrogens (tertiary/aromatic N) is 3. The van der Waals surface area contributed by atoms with E-state index in [1.165, 1.54) is 11.1 Å². The van der Waals surface area contributed by atoms with Crippen molar-refractivity contribution in [1.29, 1.82) is 5.26 Å². The van der Waals surface area contributed by atoms with Crippen molar-refractivity contribution in [3.63, 3.8) is 0 Å². The van der Waals surface area contributed by atoms with Gasteiger partial charge >= 0.3 is 0 Å². The van der Waals surface area contributed by atoms with Gasteiger partial charge in [-0.15, -0.1) is 0 Å². The van der Waals surface area contributed by atoms with Crippen molar-refractivity contribution >= 4 is 11.0 Å². The van der Waals surface area contributed by atoms with Crippen LogP contribution in [-0.2, 0) is 0 Å². The van der Waals surface area contributed by atoms with Crippen molar-refractivity contribution < 1.29 is 0 Å². The molecule has 98 valence electrons. The van der Waals surface area contributed by atoms with Crippen LogP contribution < -0.4 is 0 Å². The van der Waals surface area contributed by atoms with Crippen LogP contribution in [0.5, 0.6) is 0 Å². The van der Waals surface area contributed by atoms with Crippen LogP contribution in [0.4, 0.5) is 0 Å². The molecule has 0 spiro atoms. The summed E-state index contributed by atoms with van der Waals surface area (Å²) in [6, 6.07) is 12.3. The molecule has 0 amide bonds. The maximum absolute atomic E-state index is 9.33. The number of hydrogen-bond donors (Lipinski definition) is 0. The Labute approximate surface area is 118 Å². The molecule has 0 unspecified atom stereocenters. The molecule has 0 saturated carbocycles. The van der Waals surface area contributed by atoms with Gasteiger partial charge in [0, 0.05) is 0 Å². The lowest BCUT2D eigenvalue weighted by Crippen LogP contribution is -1.99. The van der Waals surface area contributed by atoms with Crippen molar-refractivity contribution in [3.05, 3.63) is 58.9 Å². The van der Waals surface area contributed by atoms with Crippen LogP contribution in [0.25, 0.3) is 16.7 Å². The maximum Gasteiger partial charge on any atom is 0.101 e. The van der Waals surface area contributed by atoms with E-state index in [9.17, 15) is 5.26 Å². The third-order valence-electron chi connectivity index (χ3n) is 3.76. The molecule has 3 nitrogen and oxygen atoms in total. The molecule has 0 bridgehead atoms. The van der Waals surface area contributed by atoms with Gasteiger partial charge < -0.3 is 0 Å². The van der Waals surface area contributed by atoms with E-state index in [1.54, 1.807) is 6.33 Å². The lowest BCUT2D eigenvalue weighted by molar-refractivity contribution is 1.06. The first-order chi connectivity index (χ1) is 9.61. The highest BCUT2D eigenvalue weighted by molar-refractivity contribution is 5.80. The molecule has 0 radical (unpaired) electrons. The van der Waals surface area contributed by atoms with Crippen molar-refractivity contribution in [2.45, 2.75) is 20.8 Å². The number of fused-ring (bicyclic) bond motifs is 1. The van der Waals surface area contributed by atoms with Gasteiger partial charge in [0.2, 0.25) is 0 Å². The molecule has 1 aromatic heterocycles. The van der Waals surface area contributed by atoms with E-state index in [0.29, 0.717) is 5.56 Å². The molecular weight excluding hydrogens is 246 g/mol. The second-order valence-electron chi connectivity index (χ2n) is 5.12. The Morgan fingerprint density at radius 1 is 1.05 bits per heavy atom. The van der Waals surface area contributed by atoms with Crippen LogP contribution in [0.15, 0.2) is 36.7 Å². The van der Waals surface area contributed by atoms with Crippen molar-refractivity contribution in [2.24, 2.45) is 0 Å². The molecule has 0 fully saturated rings. The summed E-state index contributed by atoms with van der Waals surface area (Å²) in [7, 11) is 0. The smallest absolute Gasteiger partial charge is 0.101 e. The zero-order valence-electron chi connectivity index (χ0n) is 11.8. The van der Waals surface area contributed by atoms with Crippen LogP contribution in [0, 0.1) is 32.1 Å². The molecule has 0 aliphatic rings. The molecular formula is C17H15N3. The van der Waals surface area contributed by atoms with Crippen LogP contribution in [0.3, 0.4) is 0 Å². The Kier molecular flexibility index (Phi) is 2.80. The number of rotatable bonds is 1. The summed E-state index contributed by atoms with van der Waals surface area (Å²) in [6.07, 6.45) is 1.80. The molecule has 20 heavy (non-hydrogen) atoms. The zero-order chi connectivity index (χ0) is 14.3. The first-order valence-electron chi connectivity index (χ1n) is 6.56. The van der Waals surface area contributed by atoms with Gasteiger partial charge in [-0.3, -0.25) is 4.57 Å². The first kappa shape index (κ1) is 12.4. The summed E-state index contributed by atoms with van der Waals surface area (Å²) >= 11 is 0. The van der Waals surface area contributed by atoms with E-state index in [2.05, 4.69) is 37.0 Å². The van der Waals surface area contributed by atoms with Gasteiger partial charge in [0.05, 0.1) is 22.3 Å². The highest BCUT2D eigenvalue weighted by atomic mass is 15.1. The van der Waals surface area contributed by atoms with Crippen molar-refractivity contribution in [3.8, 4) is 11.8 Å². The van der Waals surface area contributed by atoms with Gasteiger partial charge in [0.25, 0.3) is 0 Å². The Bertz CT molecular complexity index is 851. The molecule has 0 atom stereocenters. The summed E-state index contributed by atoms with van der Waals surface area (Å²) in [5.74, 6) is 0. The van der Waals surface area contributed by atoms with Gasteiger partial charge in [-0.2, -0.15) is 5.26 Å². The highest BCUT2D eigenvalue weighted by Gasteiger charge is 2.12. The SMILES string of the molecule is Cc1cc2ncn(-c3c(C)cccc3C#N)c2cc1C. The fourth-order valence-electron chi connectivity index (χ4n) is 2.51. The van der Waals surface area contributed by atoms with E-state index in [4.69, 9.17) is 0 Å². The van der Waals surface area contributed by atoms with Crippen LogP contribution in [0.1, 0.15) is 22.3 Å². The fourth-order valence-corrected chi connectivity index (χ4v) is 2.51. The molecule has 0 aliphatic carbocycles. The minimum Gasteiger partial charge on any atom is -0.297 e. The van der Waals surface area contributed by atoms with Crippen molar-refractivity contribution in [2.75, 3.05) is 0 Å². The van der Waals surface area contributed by atoms with Crippen LogP contribution in [-0.4, -0.2) is 9.55 Å². The van der Waals surface area contributed by atoms with E-state index in [-0.39, 0.29) is 0 Å². The van der Waals surface area contributed by atoms with E-state index < -0.39 is 0 Å². The number of aromatic nitrogens is 2. The van der Waals surface area contributed by atoms with Crippen LogP contribution in [0.2, 0.25) is 0 Å². The Balaban J connectivity index is 2.37. The third kappa shape index (κ3) is 1.78. The quantitative estimate of drug-likeness (QED) is 0.668. The number of imidazole rings is 1. The molecule has 3 heteroatoms. The number of hydrogen-bond acceptors (Lipinski definition) is 2. The van der Waals surface area contributed by atoms with E-state index >= 15 is 0 Å². The fraction of sp³-hybridized carbons (Fsp3) is 0.176. The van der Waals surface area contributed by atoms with Crippen LogP contribution >= 0.6 is 0 Å². The predicted molar refractivity (Wildman–Crippen MR) is 80.0 cm³/mol. The lowest BCUT2D eigenvalue weighted by atomic mass is 10.1. The Hall–Kier alpha value is -2.60. The topological polar surface area (TPSA) is 41.6 Å². The minimum atomic E-state index is 0.669. The molecule has 3 aromatic rings. The van der Waals surface area contributed by atoms with E-state index in [1.807, 2.05) is 29.7 Å². The van der Waals surface area contributed by atoms with Gasteiger partial charge in [0.15, 0.2) is 0 Å². The average Bonchev–Trinajstić information content (AvgIpc) is 2.81.